The Labute approximate surface area is 166 Å². The largest absolute Gasteiger partial charge is 0.232 e. The van der Waals surface area contributed by atoms with Crippen molar-refractivity contribution in [3.63, 3.8) is 0 Å². The predicted octanol–water partition coefficient (Wildman–Crippen LogP) is 4.35. The Morgan fingerprint density at radius 3 is 2.48 bits per heavy atom. The summed E-state index contributed by atoms with van der Waals surface area (Å²) in [5.41, 5.74) is 2.91. The molecule has 3 aliphatic rings. The summed E-state index contributed by atoms with van der Waals surface area (Å²) < 4.78 is 28.5. The van der Waals surface area contributed by atoms with Gasteiger partial charge in [-0.15, -0.1) is 5.10 Å². The molecule has 2 bridgehead atoms. The average Bonchev–Trinajstić information content (AvgIpc) is 2.74. The van der Waals surface area contributed by atoms with Crippen LogP contribution in [0.15, 0.2) is 30.3 Å². The third kappa shape index (κ3) is 2.63. The van der Waals surface area contributed by atoms with Crippen molar-refractivity contribution < 1.29 is 8.78 Å². The van der Waals surface area contributed by atoms with Crippen molar-refractivity contribution in [2.45, 2.75) is 43.9 Å². The van der Waals surface area contributed by atoms with Gasteiger partial charge in [0.15, 0.2) is 0 Å². The third-order valence-electron chi connectivity index (χ3n) is 6.22. The topological polar surface area (TPSA) is 75.3 Å². The maximum absolute atomic E-state index is 14.3. The Morgan fingerprint density at radius 1 is 1.07 bits per heavy atom. The van der Waals surface area contributed by atoms with Crippen molar-refractivity contribution in [3.8, 4) is 17.3 Å². The van der Waals surface area contributed by atoms with E-state index in [2.05, 4.69) is 20.2 Å². The molecule has 1 fully saturated rings. The zero-order valence-corrected chi connectivity index (χ0v) is 15.8. The van der Waals surface area contributed by atoms with Gasteiger partial charge < -0.3 is 0 Å². The fourth-order valence-corrected chi connectivity index (χ4v) is 4.85. The van der Waals surface area contributed by atoms with Crippen molar-refractivity contribution in [1.29, 1.82) is 5.26 Å². The molecule has 5 nitrogen and oxygen atoms in total. The lowest BCUT2D eigenvalue weighted by Crippen LogP contribution is -2.41. The van der Waals surface area contributed by atoms with Crippen molar-refractivity contribution in [1.82, 2.24) is 20.2 Å². The van der Waals surface area contributed by atoms with Crippen LogP contribution in [-0.2, 0) is 5.41 Å². The standard InChI is InChI=1S/C22H17F2N5/c1-12-9-18(27-19(11-25)26-12)22-7-5-13(6-8-22)14-10-17(28-29-21(14)22)20-15(23)3-2-4-16(20)24/h2-4,9-10,13H,5-8H2,1H3. The van der Waals surface area contributed by atoms with E-state index in [4.69, 9.17) is 0 Å². The number of rotatable bonds is 2. The lowest BCUT2D eigenvalue weighted by molar-refractivity contribution is 0.263. The summed E-state index contributed by atoms with van der Waals surface area (Å²) in [6, 6.07) is 9.49. The Kier molecular flexibility index (Phi) is 3.91. The van der Waals surface area contributed by atoms with Crippen LogP contribution >= 0.6 is 0 Å². The van der Waals surface area contributed by atoms with Crippen molar-refractivity contribution >= 4 is 0 Å². The van der Waals surface area contributed by atoms with Gasteiger partial charge in [-0.05, 0) is 68.4 Å². The van der Waals surface area contributed by atoms with Gasteiger partial charge in [0.1, 0.15) is 17.7 Å². The first kappa shape index (κ1) is 17.8. The summed E-state index contributed by atoms with van der Waals surface area (Å²) in [5, 5.41) is 18.0. The minimum atomic E-state index is -0.653. The number of nitrogens with zero attached hydrogens (tertiary/aromatic N) is 5. The van der Waals surface area contributed by atoms with E-state index in [9.17, 15) is 14.0 Å². The molecular formula is C22H17F2N5. The zero-order chi connectivity index (χ0) is 20.2. The van der Waals surface area contributed by atoms with Crippen molar-refractivity contribution in [2.75, 3.05) is 0 Å². The van der Waals surface area contributed by atoms with Crippen LogP contribution in [0, 0.1) is 29.9 Å². The molecule has 1 saturated carbocycles. The Bertz CT molecular complexity index is 1160. The Balaban J connectivity index is 1.69. The highest BCUT2D eigenvalue weighted by molar-refractivity contribution is 5.62. The number of nitriles is 1. The van der Waals surface area contributed by atoms with E-state index in [-0.39, 0.29) is 23.0 Å². The van der Waals surface area contributed by atoms with E-state index in [0.29, 0.717) is 0 Å². The number of hydrogen-bond acceptors (Lipinski definition) is 5. The Hall–Kier alpha value is -3.27. The van der Waals surface area contributed by atoms with Gasteiger partial charge in [-0.3, -0.25) is 0 Å². The minimum Gasteiger partial charge on any atom is -0.224 e. The van der Waals surface area contributed by atoms with Crippen LogP contribution in [0.4, 0.5) is 8.78 Å². The molecule has 0 atom stereocenters. The van der Waals surface area contributed by atoms with E-state index in [0.717, 1.165) is 48.3 Å². The molecule has 0 radical (unpaired) electrons. The van der Waals surface area contributed by atoms with Gasteiger partial charge in [-0.2, -0.15) is 10.4 Å². The molecule has 1 aromatic carbocycles. The highest BCUT2D eigenvalue weighted by Gasteiger charge is 2.49. The minimum absolute atomic E-state index is 0.140. The normalized spacial score (nSPS) is 22.2. The average molecular weight is 389 g/mol. The zero-order valence-electron chi connectivity index (χ0n) is 15.8. The number of halogens is 2. The van der Waals surface area contributed by atoms with Crippen molar-refractivity contribution in [3.05, 3.63) is 70.4 Å². The van der Waals surface area contributed by atoms with Crippen LogP contribution in [0.5, 0.6) is 0 Å². The molecule has 144 valence electrons. The molecule has 3 aliphatic carbocycles. The number of hydrogen-bond donors (Lipinski definition) is 0. The quantitative estimate of drug-likeness (QED) is 0.651. The van der Waals surface area contributed by atoms with Gasteiger partial charge in [0.05, 0.1) is 28.1 Å². The molecule has 2 heterocycles. The van der Waals surface area contributed by atoms with Gasteiger partial charge in [-0.1, -0.05) is 6.07 Å². The van der Waals surface area contributed by atoms with Gasteiger partial charge in [0.25, 0.3) is 0 Å². The second-order valence-electron chi connectivity index (χ2n) is 7.82. The molecule has 7 heteroatoms. The molecule has 0 N–H and O–H groups in total. The first-order valence-electron chi connectivity index (χ1n) is 9.60. The molecule has 2 aromatic heterocycles. The monoisotopic (exact) mass is 389 g/mol. The molecular weight excluding hydrogens is 372 g/mol. The van der Waals surface area contributed by atoms with E-state index in [1.54, 1.807) is 6.07 Å². The lowest BCUT2D eigenvalue weighted by Gasteiger charge is -2.46. The fourth-order valence-electron chi connectivity index (χ4n) is 4.85. The van der Waals surface area contributed by atoms with E-state index >= 15 is 0 Å². The van der Waals surface area contributed by atoms with Gasteiger partial charge >= 0.3 is 0 Å². The number of aromatic nitrogens is 4. The van der Waals surface area contributed by atoms with Crippen LogP contribution in [0.1, 0.15) is 60.1 Å². The van der Waals surface area contributed by atoms with Gasteiger partial charge in [-0.25, -0.2) is 18.7 Å². The molecule has 0 amide bonds. The Morgan fingerprint density at radius 2 is 1.79 bits per heavy atom. The van der Waals surface area contributed by atoms with Crippen LogP contribution < -0.4 is 0 Å². The third-order valence-corrected chi connectivity index (χ3v) is 6.22. The van der Waals surface area contributed by atoms with Crippen LogP contribution in [-0.4, -0.2) is 20.2 Å². The maximum Gasteiger partial charge on any atom is 0.232 e. The SMILES string of the molecule is Cc1cc(C23CCC(CC2)c2cc(-c4c(F)cccc4F)nnc23)nc(C#N)n1. The smallest absolute Gasteiger partial charge is 0.224 e. The van der Waals surface area contributed by atoms with Crippen LogP contribution in [0.3, 0.4) is 0 Å². The molecule has 0 spiro atoms. The lowest BCUT2D eigenvalue weighted by atomic mass is 9.58. The van der Waals surface area contributed by atoms with Crippen LogP contribution in [0.25, 0.3) is 11.3 Å². The van der Waals surface area contributed by atoms with Gasteiger partial charge in [0.2, 0.25) is 5.82 Å². The first-order chi connectivity index (χ1) is 14.0. The summed E-state index contributed by atoms with van der Waals surface area (Å²) >= 11 is 0. The van der Waals surface area contributed by atoms with E-state index < -0.39 is 17.0 Å². The highest BCUT2D eigenvalue weighted by Crippen LogP contribution is 2.55. The molecule has 0 unspecified atom stereocenters. The number of aryl methyl sites for hydroxylation is 1. The molecule has 3 aromatic rings. The molecule has 6 rings (SSSR count). The second-order valence-corrected chi connectivity index (χ2v) is 7.82. The van der Waals surface area contributed by atoms with Crippen molar-refractivity contribution in [2.24, 2.45) is 0 Å². The highest BCUT2D eigenvalue weighted by atomic mass is 19.1. The first-order valence-corrected chi connectivity index (χ1v) is 9.60. The molecule has 0 saturated heterocycles. The number of benzene rings is 1. The van der Waals surface area contributed by atoms with Gasteiger partial charge in [0, 0.05) is 5.69 Å². The predicted molar refractivity (Wildman–Crippen MR) is 101 cm³/mol. The summed E-state index contributed by atoms with van der Waals surface area (Å²) in [5.74, 6) is -0.879. The van der Waals surface area contributed by atoms with E-state index in [1.165, 1.54) is 18.2 Å². The summed E-state index contributed by atoms with van der Waals surface area (Å²) in [6.45, 7) is 1.84. The fraction of sp³-hybridized carbons (Fsp3) is 0.318. The summed E-state index contributed by atoms with van der Waals surface area (Å²) in [4.78, 5) is 8.65. The summed E-state index contributed by atoms with van der Waals surface area (Å²) in [6.07, 6.45) is 3.58. The summed E-state index contributed by atoms with van der Waals surface area (Å²) in [7, 11) is 0. The van der Waals surface area contributed by atoms with Crippen LogP contribution in [0.2, 0.25) is 0 Å². The second kappa shape index (κ2) is 6.38. The number of fused-ring (bicyclic) bond motifs is 2. The van der Waals surface area contributed by atoms with E-state index in [1.807, 2.05) is 19.1 Å². The molecule has 0 aliphatic heterocycles. The molecule has 29 heavy (non-hydrogen) atoms. The maximum atomic E-state index is 14.3.